The van der Waals surface area contributed by atoms with Crippen LogP contribution in [0.15, 0.2) is 46.1 Å². The number of benzene rings is 1. The predicted molar refractivity (Wildman–Crippen MR) is 94.4 cm³/mol. The lowest BCUT2D eigenvalue weighted by Crippen LogP contribution is -2.49. The number of carbonyl (C=O) groups excluding carboxylic acids is 1. The van der Waals surface area contributed by atoms with Crippen LogP contribution < -0.4 is 11.2 Å². The van der Waals surface area contributed by atoms with E-state index in [1.54, 1.807) is 4.90 Å². The van der Waals surface area contributed by atoms with Gasteiger partial charge in [0.2, 0.25) is 5.91 Å². The molecule has 0 saturated carbocycles. The van der Waals surface area contributed by atoms with E-state index < -0.39 is 11.2 Å². The molecule has 1 aliphatic heterocycles. The predicted octanol–water partition coefficient (Wildman–Crippen LogP) is 0.189. The van der Waals surface area contributed by atoms with Gasteiger partial charge >= 0.3 is 5.69 Å². The summed E-state index contributed by atoms with van der Waals surface area (Å²) in [5, 5.41) is 0. The number of piperazine rings is 1. The first kappa shape index (κ1) is 17.2. The molecule has 2 heterocycles. The van der Waals surface area contributed by atoms with E-state index in [-0.39, 0.29) is 12.5 Å². The zero-order chi connectivity index (χ0) is 17.8. The van der Waals surface area contributed by atoms with Gasteiger partial charge in [-0.3, -0.25) is 24.0 Å². The molecule has 0 radical (unpaired) electrons. The van der Waals surface area contributed by atoms with E-state index in [9.17, 15) is 14.4 Å². The van der Waals surface area contributed by atoms with Crippen molar-refractivity contribution in [3.63, 3.8) is 0 Å². The molecule has 7 heteroatoms. The highest BCUT2D eigenvalue weighted by Gasteiger charge is 2.21. The summed E-state index contributed by atoms with van der Waals surface area (Å²) < 4.78 is 1.23. The Kier molecular flexibility index (Phi) is 5.14. The number of hydrogen-bond donors (Lipinski definition) is 1. The molecule has 1 N–H and O–H groups in total. The smallest absolute Gasteiger partial charge is 0.328 e. The van der Waals surface area contributed by atoms with Gasteiger partial charge in [-0.2, -0.15) is 0 Å². The highest BCUT2D eigenvalue weighted by atomic mass is 16.2. The summed E-state index contributed by atoms with van der Waals surface area (Å²) in [4.78, 5) is 41.4. The topological polar surface area (TPSA) is 78.4 Å². The number of aromatic nitrogens is 2. The number of aromatic amines is 1. The zero-order valence-corrected chi connectivity index (χ0v) is 14.3. The van der Waals surface area contributed by atoms with Crippen LogP contribution in [0.4, 0.5) is 0 Å². The van der Waals surface area contributed by atoms with E-state index >= 15 is 0 Å². The van der Waals surface area contributed by atoms with Crippen LogP contribution in [0.2, 0.25) is 0 Å². The van der Waals surface area contributed by atoms with Crippen molar-refractivity contribution >= 4 is 5.91 Å². The molecule has 1 aliphatic rings. The van der Waals surface area contributed by atoms with Gasteiger partial charge in [0.05, 0.1) is 0 Å². The molecule has 0 aliphatic carbocycles. The van der Waals surface area contributed by atoms with Gasteiger partial charge < -0.3 is 4.90 Å². The van der Waals surface area contributed by atoms with Crippen LogP contribution in [-0.4, -0.2) is 51.4 Å². The maximum atomic E-state index is 12.4. The van der Waals surface area contributed by atoms with Gasteiger partial charge in [-0.1, -0.05) is 24.3 Å². The second-order valence-electron chi connectivity index (χ2n) is 6.32. The summed E-state index contributed by atoms with van der Waals surface area (Å²) in [5.74, 6) is -0.107. The van der Waals surface area contributed by atoms with E-state index in [2.05, 4.69) is 28.9 Å². The molecule has 1 amide bonds. The van der Waals surface area contributed by atoms with Crippen LogP contribution >= 0.6 is 0 Å². The van der Waals surface area contributed by atoms with Crippen LogP contribution in [-0.2, 0) is 17.9 Å². The molecule has 132 valence electrons. The number of rotatable bonds is 4. The van der Waals surface area contributed by atoms with Crippen molar-refractivity contribution < 1.29 is 4.79 Å². The van der Waals surface area contributed by atoms with Crippen LogP contribution in [0.1, 0.15) is 11.1 Å². The van der Waals surface area contributed by atoms with Crippen molar-refractivity contribution in [2.24, 2.45) is 0 Å². The minimum atomic E-state index is -0.556. The summed E-state index contributed by atoms with van der Waals surface area (Å²) in [6.07, 6.45) is 1.35. The largest absolute Gasteiger partial charge is 0.339 e. The maximum Gasteiger partial charge on any atom is 0.328 e. The van der Waals surface area contributed by atoms with E-state index in [1.165, 1.54) is 28.0 Å². The Bertz CT molecular complexity index is 863. The quantitative estimate of drug-likeness (QED) is 0.860. The van der Waals surface area contributed by atoms with Gasteiger partial charge in [0.1, 0.15) is 6.54 Å². The molecular weight excluding hydrogens is 320 g/mol. The zero-order valence-electron chi connectivity index (χ0n) is 14.3. The van der Waals surface area contributed by atoms with Crippen molar-refractivity contribution in [3.8, 4) is 0 Å². The van der Waals surface area contributed by atoms with Crippen LogP contribution in [0.3, 0.4) is 0 Å². The van der Waals surface area contributed by atoms with Gasteiger partial charge in [-0.15, -0.1) is 0 Å². The first-order chi connectivity index (χ1) is 12.0. The second-order valence-corrected chi connectivity index (χ2v) is 6.32. The number of nitrogens with zero attached hydrogens (tertiary/aromatic N) is 3. The number of carbonyl (C=O) groups is 1. The minimum Gasteiger partial charge on any atom is -0.339 e. The SMILES string of the molecule is Cc1ccccc1CN1CCN(C(=O)Cn2ccc(=O)[nH]c2=O)CC1. The summed E-state index contributed by atoms with van der Waals surface area (Å²) >= 11 is 0. The molecule has 1 aromatic heterocycles. The summed E-state index contributed by atoms with van der Waals surface area (Å²) in [6.45, 7) is 5.84. The van der Waals surface area contributed by atoms with E-state index in [1.807, 2.05) is 12.1 Å². The normalized spacial score (nSPS) is 15.3. The molecule has 0 unspecified atom stereocenters. The number of H-pyrrole nitrogens is 1. The Morgan fingerprint density at radius 1 is 1.08 bits per heavy atom. The van der Waals surface area contributed by atoms with Crippen molar-refractivity contribution in [2.75, 3.05) is 26.2 Å². The third-order valence-electron chi connectivity index (χ3n) is 4.58. The van der Waals surface area contributed by atoms with Crippen LogP contribution in [0, 0.1) is 6.92 Å². The molecule has 0 bridgehead atoms. The molecule has 1 aromatic carbocycles. The van der Waals surface area contributed by atoms with Gasteiger partial charge in [-0.05, 0) is 18.1 Å². The van der Waals surface area contributed by atoms with E-state index in [0.29, 0.717) is 13.1 Å². The number of nitrogens with one attached hydrogen (secondary N) is 1. The van der Waals surface area contributed by atoms with Crippen LogP contribution in [0.5, 0.6) is 0 Å². The molecule has 0 spiro atoms. The lowest BCUT2D eigenvalue weighted by atomic mass is 10.1. The molecular formula is C18H22N4O3. The fourth-order valence-electron chi connectivity index (χ4n) is 3.00. The third-order valence-corrected chi connectivity index (χ3v) is 4.58. The molecule has 1 fully saturated rings. The monoisotopic (exact) mass is 342 g/mol. The van der Waals surface area contributed by atoms with Crippen LogP contribution in [0.25, 0.3) is 0 Å². The lowest BCUT2D eigenvalue weighted by Gasteiger charge is -2.35. The lowest BCUT2D eigenvalue weighted by molar-refractivity contribution is -0.133. The Morgan fingerprint density at radius 3 is 2.48 bits per heavy atom. The highest BCUT2D eigenvalue weighted by molar-refractivity contribution is 5.76. The molecule has 3 rings (SSSR count). The highest BCUT2D eigenvalue weighted by Crippen LogP contribution is 2.12. The minimum absolute atomic E-state index is 0.0482. The second kappa shape index (κ2) is 7.48. The number of hydrogen-bond acceptors (Lipinski definition) is 4. The summed E-state index contributed by atoms with van der Waals surface area (Å²) in [5.41, 5.74) is 1.57. The summed E-state index contributed by atoms with van der Waals surface area (Å²) in [6, 6.07) is 9.57. The van der Waals surface area contributed by atoms with Crippen molar-refractivity contribution in [3.05, 3.63) is 68.5 Å². The van der Waals surface area contributed by atoms with Gasteiger partial charge in [-0.25, -0.2) is 4.79 Å². The fourth-order valence-corrected chi connectivity index (χ4v) is 3.00. The molecule has 0 atom stereocenters. The standard InChI is InChI=1S/C18H22N4O3/c1-14-4-2-3-5-15(14)12-20-8-10-21(11-9-20)17(24)13-22-7-6-16(23)19-18(22)25/h2-7H,8-13H2,1H3,(H,19,23,25). The first-order valence-corrected chi connectivity index (χ1v) is 8.37. The van der Waals surface area contributed by atoms with E-state index in [0.717, 1.165) is 19.6 Å². The Labute approximate surface area is 145 Å². The van der Waals surface area contributed by atoms with Crippen molar-refractivity contribution in [2.45, 2.75) is 20.0 Å². The van der Waals surface area contributed by atoms with Gasteiger partial charge in [0, 0.05) is 45.0 Å². The molecule has 2 aromatic rings. The van der Waals surface area contributed by atoms with Gasteiger partial charge in [0.15, 0.2) is 0 Å². The number of amides is 1. The van der Waals surface area contributed by atoms with Gasteiger partial charge in [0.25, 0.3) is 5.56 Å². The summed E-state index contributed by atoms with van der Waals surface area (Å²) in [7, 11) is 0. The average molecular weight is 342 g/mol. The molecule has 1 saturated heterocycles. The number of aryl methyl sites for hydroxylation is 1. The Hall–Kier alpha value is -2.67. The van der Waals surface area contributed by atoms with E-state index in [4.69, 9.17) is 0 Å². The van der Waals surface area contributed by atoms with Crippen molar-refractivity contribution in [1.82, 2.24) is 19.4 Å². The van der Waals surface area contributed by atoms with Crippen molar-refractivity contribution in [1.29, 1.82) is 0 Å². The fraction of sp³-hybridized carbons (Fsp3) is 0.389. The Morgan fingerprint density at radius 2 is 1.80 bits per heavy atom. The molecule has 7 nitrogen and oxygen atoms in total. The average Bonchev–Trinajstić information content (AvgIpc) is 2.60. The Balaban J connectivity index is 1.55. The first-order valence-electron chi connectivity index (χ1n) is 8.37. The molecule has 25 heavy (non-hydrogen) atoms. The maximum absolute atomic E-state index is 12.4. The third kappa shape index (κ3) is 4.24.